The molecule has 0 atom stereocenters. The van der Waals surface area contributed by atoms with Crippen LogP contribution < -0.4 is 24.2 Å². The van der Waals surface area contributed by atoms with Crippen LogP contribution in [-0.4, -0.2) is 30.8 Å². The Balaban J connectivity index is 0.000000527. The number of hydrogen-bond donors (Lipinski definition) is 0. The van der Waals surface area contributed by atoms with Crippen LogP contribution in [-0.2, 0) is 23.7 Å². The Labute approximate surface area is 212 Å². The first-order chi connectivity index (χ1) is 16.6. The molecule has 1 aliphatic rings. The van der Waals surface area contributed by atoms with Crippen molar-refractivity contribution in [2.24, 2.45) is 7.05 Å². The molecule has 2 aromatic carbocycles. The van der Waals surface area contributed by atoms with Crippen molar-refractivity contribution in [3.05, 3.63) is 85.9 Å². The van der Waals surface area contributed by atoms with Gasteiger partial charge in [-0.05, 0) is 36.8 Å². The van der Waals surface area contributed by atoms with Gasteiger partial charge in [-0.3, -0.25) is 9.36 Å². The van der Waals surface area contributed by atoms with E-state index >= 15 is 0 Å². The largest absolute Gasteiger partial charge is 0.748 e. The monoisotopic (exact) mass is 527 g/mol. The highest BCUT2D eigenvalue weighted by atomic mass is 32.2. The average molecular weight is 528 g/mol. The van der Waals surface area contributed by atoms with Crippen LogP contribution in [0.4, 0.5) is 5.69 Å². The molecule has 7 nitrogen and oxygen atoms in total. The second-order valence-electron chi connectivity index (χ2n) is 8.00. The third-order valence-corrected chi connectivity index (χ3v) is 8.00. The summed E-state index contributed by atoms with van der Waals surface area (Å²) in [6.07, 6.45) is 4.82. The van der Waals surface area contributed by atoms with Gasteiger partial charge in [0.25, 0.3) is 5.56 Å². The maximum Gasteiger partial charge on any atom is 0.271 e. The van der Waals surface area contributed by atoms with E-state index in [9.17, 15) is 4.79 Å². The van der Waals surface area contributed by atoms with Crippen LogP contribution in [0.3, 0.4) is 0 Å². The van der Waals surface area contributed by atoms with E-state index < -0.39 is 10.1 Å². The van der Waals surface area contributed by atoms with Gasteiger partial charge in [-0.15, -0.1) is 11.3 Å². The maximum absolute atomic E-state index is 13.3. The molecule has 5 rings (SSSR count). The number of para-hydroxylation sites is 2. The number of anilines is 1. The molecular formula is C25H25N3O4S3. The molecule has 35 heavy (non-hydrogen) atoms. The molecule has 0 bridgehead atoms. The molecule has 0 saturated carbocycles. The summed E-state index contributed by atoms with van der Waals surface area (Å²) in [5.41, 5.74) is 3.53. The van der Waals surface area contributed by atoms with Gasteiger partial charge in [-0.2, -0.15) is 0 Å². The molecule has 182 valence electrons. The van der Waals surface area contributed by atoms with Crippen molar-refractivity contribution >= 4 is 60.9 Å². The highest BCUT2D eigenvalue weighted by Gasteiger charge is 2.24. The fraction of sp³-hybridized carbons (Fsp3) is 0.200. The molecule has 0 aliphatic carbocycles. The lowest BCUT2D eigenvalue weighted by atomic mass is 10.1. The fourth-order valence-corrected chi connectivity index (χ4v) is 6.38. The molecule has 2 aromatic heterocycles. The summed E-state index contributed by atoms with van der Waals surface area (Å²) < 4.78 is 33.0. The van der Waals surface area contributed by atoms with Crippen LogP contribution in [0.5, 0.6) is 0 Å². The van der Waals surface area contributed by atoms with Crippen LogP contribution in [0.1, 0.15) is 12.5 Å². The minimum atomic E-state index is -3.92. The Morgan fingerprint density at radius 1 is 1.09 bits per heavy atom. The van der Waals surface area contributed by atoms with E-state index in [0.717, 1.165) is 25.5 Å². The highest BCUT2D eigenvalue weighted by molar-refractivity contribution is 8.08. The van der Waals surface area contributed by atoms with E-state index in [1.807, 2.05) is 30.7 Å². The number of aromatic nitrogens is 2. The molecule has 1 aliphatic heterocycles. The summed E-state index contributed by atoms with van der Waals surface area (Å²) in [6, 6.07) is 18.8. The quantitative estimate of drug-likeness (QED) is 0.294. The number of rotatable bonds is 2. The molecule has 0 N–H and O–H groups in total. The lowest BCUT2D eigenvalue weighted by Crippen LogP contribution is -2.33. The van der Waals surface area contributed by atoms with E-state index in [1.165, 1.54) is 15.8 Å². The minimum Gasteiger partial charge on any atom is -0.748 e. The van der Waals surface area contributed by atoms with Gasteiger partial charge in [0.05, 0.1) is 25.9 Å². The zero-order valence-electron chi connectivity index (χ0n) is 19.8. The van der Waals surface area contributed by atoms with Crippen molar-refractivity contribution in [1.29, 1.82) is 0 Å². The first-order valence-corrected chi connectivity index (χ1v) is 14.3. The van der Waals surface area contributed by atoms with Gasteiger partial charge in [0, 0.05) is 36.9 Å². The third-order valence-electron chi connectivity index (χ3n) is 5.51. The van der Waals surface area contributed by atoms with E-state index in [2.05, 4.69) is 71.3 Å². The Kier molecular flexibility index (Phi) is 7.18. The van der Waals surface area contributed by atoms with Gasteiger partial charge in [0.2, 0.25) is 5.52 Å². The lowest BCUT2D eigenvalue weighted by Gasteiger charge is -2.11. The van der Waals surface area contributed by atoms with Crippen LogP contribution in [0, 0.1) is 0 Å². The summed E-state index contributed by atoms with van der Waals surface area (Å²) in [5.74, 6) is 0. The van der Waals surface area contributed by atoms with Crippen molar-refractivity contribution in [2.75, 3.05) is 18.2 Å². The molecule has 4 aromatic rings. The Morgan fingerprint density at radius 2 is 1.74 bits per heavy atom. The number of benzene rings is 2. The van der Waals surface area contributed by atoms with Crippen LogP contribution in [0.2, 0.25) is 0 Å². The standard InChI is InChI=1S/C24H22N3OS2.CH4O3S/c1-4-27-21(15-16-13-14-25(2)18-10-6-5-9-17(16)18)30-22(23(27)28)24-26(3)19-11-7-8-12-20(19)29-24;1-5(2,3)4/h5-15H,4H2,1-3H3;1H3,(H,2,3,4)/q+1;/p-1/b24-22+;. The van der Waals surface area contributed by atoms with E-state index in [1.54, 1.807) is 23.1 Å². The number of nitrogens with zero attached hydrogens (tertiary/aromatic N) is 3. The zero-order valence-corrected chi connectivity index (χ0v) is 22.2. The molecule has 0 unspecified atom stereocenters. The number of pyridine rings is 1. The van der Waals surface area contributed by atoms with Crippen LogP contribution in [0.25, 0.3) is 22.0 Å². The second kappa shape index (κ2) is 9.98. The van der Waals surface area contributed by atoms with Gasteiger partial charge in [0.15, 0.2) is 6.20 Å². The lowest BCUT2D eigenvalue weighted by molar-refractivity contribution is -0.644. The highest BCUT2D eigenvalue weighted by Crippen LogP contribution is 2.44. The molecule has 0 radical (unpaired) electrons. The van der Waals surface area contributed by atoms with Crippen molar-refractivity contribution < 1.29 is 17.5 Å². The average Bonchev–Trinajstić information content (AvgIpc) is 3.30. The SMILES string of the molecule is CCn1c(=O)/c(=C2\Sc3ccccc3N2C)s/c1=C/c1cc[n+](C)c2ccccc12.CS(=O)(=O)[O-]. The van der Waals surface area contributed by atoms with Crippen molar-refractivity contribution in [3.8, 4) is 0 Å². The molecular weight excluding hydrogens is 502 g/mol. The number of thiazole rings is 1. The molecule has 0 spiro atoms. The number of hydrogen-bond acceptors (Lipinski definition) is 7. The van der Waals surface area contributed by atoms with E-state index in [4.69, 9.17) is 13.0 Å². The Bertz CT molecular complexity index is 1700. The third kappa shape index (κ3) is 5.35. The van der Waals surface area contributed by atoms with Gasteiger partial charge in [-0.1, -0.05) is 36.0 Å². The topological polar surface area (TPSA) is 86.3 Å². The zero-order chi connectivity index (χ0) is 25.3. The first kappa shape index (κ1) is 25.2. The van der Waals surface area contributed by atoms with Crippen molar-refractivity contribution in [1.82, 2.24) is 4.57 Å². The summed E-state index contributed by atoms with van der Waals surface area (Å²) in [4.78, 5) is 16.6. The van der Waals surface area contributed by atoms with Crippen molar-refractivity contribution in [2.45, 2.75) is 18.4 Å². The number of fused-ring (bicyclic) bond motifs is 2. The van der Waals surface area contributed by atoms with Gasteiger partial charge in [0.1, 0.15) is 16.6 Å². The molecule has 10 heteroatoms. The van der Waals surface area contributed by atoms with Crippen molar-refractivity contribution in [3.63, 3.8) is 0 Å². The predicted octanol–water partition coefficient (Wildman–Crippen LogP) is 2.21. The first-order valence-electron chi connectivity index (χ1n) is 10.8. The molecule has 0 fully saturated rings. The van der Waals surface area contributed by atoms with Crippen LogP contribution >= 0.6 is 23.1 Å². The Hall–Kier alpha value is -2.92. The van der Waals surface area contributed by atoms with E-state index in [-0.39, 0.29) is 5.56 Å². The van der Waals surface area contributed by atoms with Gasteiger partial charge >= 0.3 is 0 Å². The molecule has 3 heterocycles. The second-order valence-corrected chi connectivity index (χ2v) is 11.5. The summed E-state index contributed by atoms with van der Waals surface area (Å²) in [5, 5.41) is 2.19. The van der Waals surface area contributed by atoms with Gasteiger partial charge < -0.3 is 9.45 Å². The maximum atomic E-state index is 13.3. The number of aryl methyl sites for hydroxylation is 1. The summed E-state index contributed by atoms with van der Waals surface area (Å²) >= 11 is 3.26. The Morgan fingerprint density at radius 3 is 2.43 bits per heavy atom. The number of thioether (sulfide) groups is 1. The normalized spacial score (nSPS) is 15.2. The van der Waals surface area contributed by atoms with Crippen LogP contribution in [0.15, 0.2) is 70.5 Å². The summed E-state index contributed by atoms with van der Waals surface area (Å²) in [6.45, 7) is 2.68. The molecule has 0 saturated heterocycles. The molecule has 0 amide bonds. The minimum absolute atomic E-state index is 0.0849. The smallest absolute Gasteiger partial charge is 0.271 e. The van der Waals surface area contributed by atoms with Gasteiger partial charge in [-0.25, -0.2) is 13.0 Å². The van der Waals surface area contributed by atoms with E-state index in [0.29, 0.717) is 12.8 Å². The fourth-order valence-electron chi connectivity index (χ4n) is 3.92. The predicted molar refractivity (Wildman–Crippen MR) is 142 cm³/mol. The summed E-state index contributed by atoms with van der Waals surface area (Å²) in [7, 11) is 0.177.